The molecule has 0 fully saturated rings. The summed E-state index contributed by atoms with van der Waals surface area (Å²) in [4.78, 5) is 17.3. The lowest BCUT2D eigenvalue weighted by Gasteiger charge is -1.97. The van der Waals surface area contributed by atoms with Crippen molar-refractivity contribution in [1.82, 2.24) is 25.0 Å². The zero-order chi connectivity index (χ0) is 16.6. The van der Waals surface area contributed by atoms with Gasteiger partial charge in [-0.3, -0.25) is 14.8 Å². The number of rotatable bonds is 4. The van der Waals surface area contributed by atoms with Crippen LogP contribution in [0.2, 0.25) is 0 Å². The second-order valence-electron chi connectivity index (χ2n) is 5.00. The van der Waals surface area contributed by atoms with E-state index in [1.54, 1.807) is 10.7 Å². The van der Waals surface area contributed by atoms with Crippen molar-refractivity contribution in [2.24, 2.45) is 0 Å². The Balaban J connectivity index is 1.78. The zero-order valence-electron chi connectivity index (χ0n) is 13.2. The van der Waals surface area contributed by atoms with E-state index in [9.17, 15) is 4.79 Å². The van der Waals surface area contributed by atoms with E-state index in [0.717, 1.165) is 21.3 Å². The molecule has 0 saturated carbocycles. The summed E-state index contributed by atoms with van der Waals surface area (Å²) < 4.78 is 7.25. The number of thiazole rings is 1. The van der Waals surface area contributed by atoms with E-state index < -0.39 is 0 Å². The number of carbonyl (C=O) groups is 1. The minimum absolute atomic E-state index is 0.0409. The molecule has 120 valence electrons. The summed E-state index contributed by atoms with van der Waals surface area (Å²) in [5, 5.41) is 15.5. The number of hydrogen-bond donors (Lipinski definition) is 1. The number of hydrogen-bond acceptors (Lipinski definition) is 7. The molecule has 0 saturated heterocycles. The molecule has 0 spiro atoms. The summed E-state index contributed by atoms with van der Waals surface area (Å²) in [7, 11) is 0. The van der Waals surface area contributed by atoms with E-state index >= 15 is 0 Å². The number of amides is 1. The summed E-state index contributed by atoms with van der Waals surface area (Å²) in [5.41, 5.74) is 2.06. The highest BCUT2D eigenvalue weighted by atomic mass is 32.1. The highest BCUT2D eigenvalue weighted by Gasteiger charge is 2.18. The van der Waals surface area contributed by atoms with Crippen LogP contribution in [-0.2, 0) is 6.54 Å². The number of aryl methyl sites for hydroxylation is 4. The number of nitrogens with one attached hydrogen (secondary N) is 1. The lowest BCUT2D eigenvalue weighted by molar-refractivity contribution is 0.101. The van der Waals surface area contributed by atoms with Crippen LogP contribution < -0.4 is 5.32 Å². The van der Waals surface area contributed by atoms with Gasteiger partial charge >= 0.3 is 6.01 Å². The van der Waals surface area contributed by atoms with Crippen LogP contribution in [-0.4, -0.2) is 30.9 Å². The van der Waals surface area contributed by atoms with E-state index in [0.29, 0.717) is 18.1 Å². The Kier molecular flexibility index (Phi) is 3.95. The fourth-order valence-electron chi connectivity index (χ4n) is 2.20. The van der Waals surface area contributed by atoms with Gasteiger partial charge in [0.25, 0.3) is 11.8 Å². The Hall–Kier alpha value is -2.55. The van der Waals surface area contributed by atoms with Crippen LogP contribution in [0.25, 0.3) is 10.8 Å². The summed E-state index contributed by atoms with van der Waals surface area (Å²) >= 11 is 1.47. The molecule has 23 heavy (non-hydrogen) atoms. The molecular formula is C14H16N6O2S. The molecular weight excluding hydrogens is 316 g/mol. The molecule has 3 heterocycles. The van der Waals surface area contributed by atoms with Crippen molar-refractivity contribution in [3.63, 3.8) is 0 Å². The van der Waals surface area contributed by atoms with Gasteiger partial charge < -0.3 is 4.42 Å². The first-order chi connectivity index (χ1) is 11.0. The van der Waals surface area contributed by atoms with E-state index in [4.69, 9.17) is 4.42 Å². The van der Waals surface area contributed by atoms with Crippen LogP contribution in [0.5, 0.6) is 0 Å². The Morgan fingerprint density at radius 3 is 2.74 bits per heavy atom. The van der Waals surface area contributed by atoms with E-state index in [2.05, 4.69) is 25.6 Å². The van der Waals surface area contributed by atoms with Crippen LogP contribution in [0.1, 0.15) is 33.8 Å². The highest BCUT2D eigenvalue weighted by Crippen LogP contribution is 2.29. The molecule has 0 aromatic carbocycles. The Labute approximate surface area is 136 Å². The predicted molar refractivity (Wildman–Crippen MR) is 85.5 cm³/mol. The van der Waals surface area contributed by atoms with Crippen molar-refractivity contribution >= 4 is 23.3 Å². The largest absolute Gasteiger partial charge is 0.402 e. The van der Waals surface area contributed by atoms with E-state index in [1.165, 1.54) is 11.3 Å². The summed E-state index contributed by atoms with van der Waals surface area (Å²) in [5.74, 6) is -0.0358. The van der Waals surface area contributed by atoms with Crippen LogP contribution in [0.15, 0.2) is 10.5 Å². The number of aromatic nitrogens is 5. The first kappa shape index (κ1) is 15.3. The molecule has 8 nitrogen and oxygen atoms in total. The van der Waals surface area contributed by atoms with Gasteiger partial charge in [0, 0.05) is 12.2 Å². The number of nitrogens with zero attached hydrogens (tertiary/aromatic N) is 5. The van der Waals surface area contributed by atoms with Crippen LogP contribution in [0.4, 0.5) is 6.01 Å². The summed E-state index contributed by atoms with van der Waals surface area (Å²) in [6.07, 6.45) is 0. The quantitative estimate of drug-likeness (QED) is 0.788. The van der Waals surface area contributed by atoms with Crippen LogP contribution in [0.3, 0.4) is 0 Å². The summed E-state index contributed by atoms with van der Waals surface area (Å²) in [6, 6.07) is 1.76. The highest BCUT2D eigenvalue weighted by molar-refractivity contribution is 7.15. The third-order valence-electron chi connectivity index (χ3n) is 3.26. The monoisotopic (exact) mass is 332 g/mol. The Bertz CT molecular complexity index is 863. The Morgan fingerprint density at radius 2 is 2.13 bits per heavy atom. The standard InChI is InChI=1S/C14H16N6O2S/c1-5-20-7(2)6-10(19-20)12(21)16-14-18-17-13(22-14)11-8(3)15-9(4)23-11/h6H,5H2,1-4H3,(H,16,18,21). The third-order valence-corrected chi connectivity index (χ3v) is 4.32. The number of anilines is 1. The average molecular weight is 332 g/mol. The van der Waals surface area contributed by atoms with Gasteiger partial charge in [-0.2, -0.15) is 5.10 Å². The molecule has 0 atom stereocenters. The van der Waals surface area contributed by atoms with Gasteiger partial charge in [0.05, 0.1) is 10.7 Å². The lowest BCUT2D eigenvalue weighted by Crippen LogP contribution is -2.13. The van der Waals surface area contributed by atoms with Crippen molar-refractivity contribution in [3.05, 3.63) is 28.2 Å². The van der Waals surface area contributed by atoms with Gasteiger partial charge in [-0.15, -0.1) is 16.4 Å². The SMILES string of the molecule is CCn1nc(C(=O)Nc2nnc(-c3sc(C)nc3C)o2)cc1C. The fourth-order valence-corrected chi connectivity index (χ4v) is 3.04. The normalized spacial score (nSPS) is 11.0. The lowest BCUT2D eigenvalue weighted by atomic mass is 10.3. The molecule has 0 aliphatic carbocycles. The molecule has 9 heteroatoms. The van der Waals surface area contributed by atoms with Crippen molar-refractivity contribution in [2.75, 3.05) is 5.32 Å². The maximum Gasteiger partial charge on any atom is 0.322 e. The minimum Gasteiger partial charge on any atom is -0.402 e. The van der Waals surface area contributed by atoms with E-state index in [1.807, 2.05) is 27.7 Å². The molecule has 1 amide bonds. The molecule has 0 unspecified atom stereocenters. The maximum absolute atomic E-state index is 12.2. The molecule has 3 rings (SSSR count). The van der Waals surface area contributed by atoms with Gasteiger partial charge in [-0.25, -0.2) is 4.98 Å². The van der Waals surface area contributed by atoms with Gasteiger partial charge in [-0.05, 0) is 33.8 Å². The first-order valence-corrected chi connectivity index (χ1v) is 7.93. The van der Waals surface area contributed by atoms with Crippen molar-refractivity contribution < 1.29 is 9.21 Å². The molecule has 0 bridgehead atoms. The van der Waals surface area contributed by atoms with Gasteiger partial charge in [0.15, 0.2) is 5.69 Å². The first-order valence-electron chi connectivity index (χ1n) is 7.11. The van der Waals surface area contributed by atoms with Gasteiger partial charge in [0.1, 0.15) is 4.88 Å². The van der Waals surface area contributed by atoms with E-state index in [-0.39, 0.29) is 11.9 Å². The maximum atomic E-state index is 12.2. The van der Waals surface area contributed by atoms with Gasteiger partial charge in [-0.1, -0.05) is 5.10 Å². The smallest absolute Gasteiger partial charge is 0.322 e. The van der Waals surface area contributed by atoms with Crippen molar-refractivity contribution in [1.29, 1.82) is 0 Å². The third kappa shape index (κ3) is 3.00. The zero-order valence-corrected chi connectivity index (χ0v) is 14.1. The summed E-state index contributed by atoms with van der Waals surface area (Å²) in [6.45, 7) is 8.35. The number of carbonyl (C=O) groups excluding carboxylic acids is 1. The van der Waals surface area contributed by atoms with Crippen molar-refractivity contribution in [3.8, 4) is 10.8 Å². The average Bonchev–Trinajstić information content (AvgIpc) is 3.18. The van der Waals surface area contributed by atoms with Crippen molar-refractivity contribution in [2.45, 2.75) is 34.2 Å². The van der Waals surface area contributed by atoms with Gasteiger partial charge in [0.2, 0.25) is 0 Å². The topological polar surface area (TPSA) is 98.7 Å². The molecule has 0 radical (unpaired) electrons. The minimum atomic E-state index is -0.382. The molecule has 0 aliphatic heterocycles. The second kappa shape index (κ2) is 5.92. The van der Waals surface area contributed by atoms with Crippen LogP contribution >= 0.6 is 11.3 Å². The predicted octanol–water partition coefficient (Wildman–Crippen LogP) is 2.59. The Morgan fingerprint density at radius 1 is 1.35 bits per heavy atom. The molecule has 1 N–H and O–H groups in total. The molecule has 3 aromatic heterocycles. The fraction of sp³-hybridized carbons (Fsp3) is 0.357. The molecule has 3 aromatic rings. The van der Waals surface area contributed by atoms with Crippen LogP contribution in [0, 0.1) is 20.8 Å². The second-order valence-corrected chi connectivity index (χ2v) is 6.20. The molecule has 0 aliphatic rings.